The lowest BCUT2D eigenvalue weighted by Gasteiger charge is -2.15. The molecule has 0 unspecified atom stereocenters. The van der Waals surface area contributed by atoms with Gasteiger partial charge in [0.25, 0.3) is 0 Å². The second kappa shape index (κ2) is 5.35. The number of carbonyl (C=O) groups excluding carboxylic acids is 1. The van der Waals surface area contributed by atoms with Crippen molar-refractivity contribution in [2.24, 2.45) is 0 Å². The van der Waals surface area contributed by atoms with E-state index in [1.54, 1.807) is 17.1 Å². The highest BCUT2D eigenvalue weighted by molar-refractivity contribution is 6.01. The second-order valence-corrected chi connectivity index (χ2v) is 5.76. The summed E-state index contributed by atoms with van der Waals surface area (Å²) in [5.41, 5.74) is 1.41. The van der Waals surface area contributed by atoms with Gasteiger partial charge in [-0.05, 0) is 36.6 Å². The number of anilines is 1. The zero-order valence-corrected chi connectivity index (χ0v) is 12.5. The van der Waals surface area contributed by atoms with Crippen LogP contribution in [0.1, 0.15) is 18.4 Å². The maximum Gasteiger partial charge on any atom is 0.235 e. The number of hydrogen-bond donors (Lipinski definition) is 1. The van der Waals surface area contributed by atoms with Crippen LogP contribution in [0.4, 0.5) is 5.69 Å². The Morgan fingerprint density at radius 3 is 2.52 bits per heavy atom. The number of rotatable bonds is 4. The lowest BCUT2D eigenvalue weighted by Crippen LogP contribution is -2.27. The van der Waals surface area contributed by atoms with Crippen LogP contribution in [0.15, 0.2) is 67.1 Å². The minimum Gasteiger partial charge on any atom is -0.324 e. The average molecular weight is 304 g/mol. The SMILES string of the molecule is O=C(Nc1ccc(-n2cccn2)nc1)C1(c2ccccc2)CC1. The van der Waals surface area contributed by atoms with Crippen molar-refractivity contribution in [2.75, 3.05) is 5.32 Å². The fourth-order valence-corrected chi connectivity index (χ4v) is 2.78. The molecule has 1 N–H and O–H groups in total. The fourth-order valence-electron chi connectivity index (χ4n) is 2.78. The number of amides is 1. The highest BCUT2D eigenvalue weighted by Gasteiger charge is 2.51. The van der Waals surface area contributed by atoms with Gasteiger partial charge in [-0.15, -0.1) is 0 Å². The van der Waals surface area contributed by atoms with E-state index in [0.717, 1.165) is 24.2 Å². The van der Waals surface area contributed by atoms with Crippen molar-refractivity contribution in [3.8, 4) is 5.82 Å². The number of carbonyl (C=O) groups is 1. The first-order valence-electron chi connectivity index (χ1n) is 7.61. The Balaban J connectivity index is 1.51. The van der Waals surface area contributed by atoms with E-state index >= 15 is 0 Å². The lowest BCUT2D eigenvalue weighted by molar-refractivity contribution is -0.118. The molecule has 2 aromatic heterocycles. The Labute approximate surface area is 134 Å². The van der Waals surface area contributed by atoms with Crippen LogP contribution in [-0.2, 0) is 10.2 Å². The van der Waals surface area contributed by atoms with E-state index in [9.17, 15) is 4.79 Å². The van der Waals surface area contributed by atoms with Gasteiger partial charge < -0.3 is 5.32 Å². The summed E-state index contributed by atoms with van der Waals surface area (Å²) in [5.74, 6) is 0.759. The summed E-state index contributed by atoms with van der Waals surface area (Å²) in [5, 5.41) is 7.12. The molecule has 0 aliphatic heterocycles. The fraction of sp³-hybridized carbons (Fsp3) is 0.167. The van der Waals surface area contributed by atoms with E-state index in [0.29, 0.717) is 5.69 Å². The summed E-state index contributed by atoms with van der Waals surface area (Å²) in [6, 6.07) is 15.5. The molecule has 0 saturated heterocycles. The van der Waals surface area contributed by atoms with Crippen molar-refractivity contribution in [1.29, 1.82) is 0 Å². The van der Waals surface area contributed by atoms with Gasteiger partial charge >= 0.3 is 0 Å². The topological polar surface area (TPSA) is 59.8 Å². The molecule has 1 fully saturated rings. The molecule has 114 valence electrons. The molecule has 0 spiro atoms. The molecule has 0 radical (unpaired) electrons. The van der Waals surface area contributed by atoms with Crippen LogP contribution in [0.5, 0.6) is 0 Å². The Bertz CT molecular complexity index is 806. The largest absolute Gasteiger partial charge is 0.324 e. The molecular formula is C18H16N4O. The maximum atomic E-state index is 12.7. The molecule has 1 aromatic carbocycles. The van der Waals surface area contributed by atoms with Crippen LogP contribution >= 0.6 is 0 Å². The highest BCUT2D eigenvalue weighted by Crippen LogP contribution is 2.48. The first kappa shape index (κ1) is 13.7. The van der Waals surface area contributed by atoms with E-state index in [2.05, 4.69) is 15.4 Å². The van der Waals surface area contributed by atoms with Crippen molar-refractivity contribution in [3.63, 3.8) is 0 Å². The third-order valence-corrected chi connectivity index (χ3v) is 4.26. The molecule has 1 saturated carbocycles. The van der Waals surface area contributed by atoms with Gasteiger partial charge in [-0.1, -0.05) is 30.3 Å². The number of nitrogens with one attached hydrogen (secondary N) is 1. The molecule has 1 aliphatic rings. The molecule has 5 heteroatoms. The van der Waals surface area contributed by atoms with Crippen molar-refractivity contribution in [3.05, 3.63) is 72.7 Å². The van der Waals surface area contributed by atoms with Crippen LogP contribution in [0.3, 0.4) is 0 Å². The number of aromatic nitrogens is 3. The number of benzene rings is 1. The molecule has 1 amide bonds. The first-order chi connectivity index (χ1) is 11.3. The molecule has 1 aliphatic carbocycles. The Morgan fingerprint density at radius 2 is 1.91 bits per heavy atom. The van der Waals surface area contributed by atoms with E-state index in [4.69, 9.17) is 0 Å². The molecule has 5 nitrogen and oxygen atoms in total. The predicted molar refractivity (Wildman–Crippen MR) is 87.3 cm³/mol. The quantitative estimate of drug-likeness (QED) is 0.806. The van der Waals surface area contributed by atoms with Crippen LogP contribution < -0.4 is 5.32 Å². The van der Waals surface area contributed by atoms with Gasteiger partial charge in [0.1, 0.15) is 0 Å². The van der Waals surface area contributed by atoms with Crippen LogP contribution in [0.25, 0.3) is 5.82 Å². The standard InChI is InChI=1S/C18H16N4O/c23-17(18(9-10-18)14-5-2-1-3-6-14)21-15-7-8-16(19-13-15)22-12-4-11-20-22/h1-8,11-13H,9-10H2,(H,21,23). The summed E-state index contributed by atoms with van der Waals surface area (Å²) < 4.78 is 1.68. The molecule has 4 rings (SSSR count). The predicted octanol–water partition coefficient (Wildman–Crippen LogP) is 2.94. The summed E-state index contributed by atoms with van der Waals surface area (Å²) in [4.78, 5) is 17.0. The summed E-state index contributed by atoms with van der Waals surface area (Å²) >= 11 is 0. The van der Waals surface area contributed by atoms with E-state index in [1.807, 2.05) is 54.7 Å². The number of pyridine rings is 1. The second-order valence-electron chi connectivity index (χ2n) is 5.76. The summed E-state index contributed by atoms with van der Waals surface area (Å²) in [6.45, 7) is 0. The number of hydrogen-bond acceptors (Lipinski definition) is 3. The van der Waals surface area contributed by atoms with E-state index in [-0.39, 0.29) is 11.3 Å². The third kappa shape index (κ3) is 2.50. The molecule has 23 heavy (non-hydrogen) atoms. The van der Waals surface area contributed by atoms with Gasteiger partial charge in [0.05, 0.1) is 17.3 Å². The van der Waals surface area contributed by atoms with Gasteiger partial charge in [-0.2, -0.15) is 5.10 Å². The molecule has 3 aromatic rings. The van der Waals surface area contributed by atoms with E-state index in [1.165, 1.54) is 0 Å². The monoisotopic (exact) mass is 304 g/mol. The van der Waals surface area contributed by atoms with Crippen molar-refractivity contribution >= 4 is 11.6 Å². The Morgan fingerprint density at radius 1 is 1.09 bits per heavy atom. The van der Waals surface area contributed by atoms with Gasteiger partial charge in [-0.25, -0.2) is 9.67 Å². The van der Waals surface area contributed by atoms with Gasteiger partial charge in [0, 0.05) is 12.4 Å². The van der Waals surface area contributed by atoms with Gasteiger partial charge in [0.2, 0.25) is 5.91 Å². The first-order valence-corrected chi connectivity index (χ1v) is 7.61. The minimum atomic E-state index is -0.373. The summed E-state index contributed by atoms with van der Waals surface area (Å²) in [7, 11) is 0. The number of nitrogens with zero attached hydrogens (tertiary/aromatic N) is 3. The molecule has 2 heterocycles. The van der Waals surface area contributed by atoms with Gasteiger partial charge in [0.15, 0.2) is 5.82 Å². The molecule has 0 atom stereocenters. The maximum absolute atomic E-state index is 12.7. The van der Waals surface area contributed by atoms with Crippen molar-refractivity contribution in [2.45, 2.75) is 18.3 Å². The minimum absolute atomic E-state index is 0.0392. The van der Waals surface area contributed by atoms with Crippen LogP contribution in [-0.4, -0.2) is 20.7 Å². The highest BCUT2D eigenvalue weighted by atomic mass is 16.2. The zero-order chi connectivity index (χ0) is 15.7. The Hall–Kier alpha value is -2.95. The molecular weight excluding hydrogens is 288 g/mol. The summed E-state index contributed by atoms with van der Waals surface area (Å²) in [6.07, 6.45) is 6.97. The average Bonchev–Trinajstić information content (AvgIpc) is 3.24. The van der Waals surface area contributed by atoms with E-state index < -0.39 is 0 Å². The zero-order valence-electron chi connectivity index (χ0n) is 12.5. The van der Waals surface area contributed by atoms with Crippen molar-refractivity contribution in [1.82, 2.24) is 14.8 Å². The van der Waals surface area contributed by atoms with Crippen LogP contribution in [0.2, 0.25) is 0 Å². The van der Waals surface area contributed by atoms with Gasteiger partial charge in [-0.3, -0.25) is 4.79 Å². The lowest BCUT2D eigenvalue weighted by atomic mass is 9.95. The third-order valence-electron chi connectivity index (χ3n) is 4.26. The molecule has 0 bridgehead atoms. The smallest absolute Gasteiger partial charge is 0.235 e. The Kier molecular flexibility index (Phi) is 3.19. The van der Waals surface area contributed by atoms with Crippen molar-refractivity contribution < 1.29 is 4.79 Å². The normalized spacial score (nSPS) is 15.1. The van der Waals surface area contributed by atoms with Crippen LogP contribution in [0, 0.1) is 0 Å².